The van der Waals surface area contributed by atoms with Gasteiger partial charge in [0.2, 0.25) is 5.91 Å². The van der Waals surface area contributed by atoms with E-state index in [-0.39, 0.29) is 23.7 Å². The molecule has 0 bridgehead atoms. The second-order valence-electron chi connectivity index (χ2n) is 5.78. The van der Waals surface area contributed by atoms with Crippen LogP contribution in [-0.4, -0.2) is 29.4 Å². The van der Waals surface area contributed by atoms with Gasteiger partial charge in [0, 0.05) is 23.5 Å². The van der Waals surface area contributed by atoms with Gasteiger partial charge in [0.05, 0.1) is 11.5 Å². The van der Waals surface area contributed by atoms with E-state index in [1.165, 1.54) is 32.0 Å². The third kappa shape index (κ3) is 5.07. The number of hydrogen-bond donors (Lipinski definition) is 0. The van der Waals surface area contributed by atoms with Crippen LogP contribution >= 0.6 is 15.9 Å². The zero-order valence-electron chi connectivity index (χ0n) is 15.5. The van der Waals surface area contributed by atoms with Crippen LogP contribution in [0.5, 0.6) is 11.5 Å². The second kappa shape index (κ2) is 9.32. The van der Waals surface area contributed by atoms with Crippen molar-refractivity contribution < 1.29 is 24.0 Å². The number of nitro groups is 1. The molecule has 1 unspecified atom stereocenters. The lowest BCUT2D eigenvalue weighted by atomic mass is 10.1. The molecule has 9 heteroatoms. The first-order chi connectivity index (χ1) is 13.2. The van der Waals surface area contributed by atoms with Crippen molar-refractivity contribution in [3.05, 3.63) is 57.1 Å². The van der Waals surface area contributed by atoms with Gasteiger partial charge in [0.15, 0.2) is 0 Å². The summed E-state index contributed by atoms with van der Waals surface area (Å²) >= 11 is 3.33. The number of halogens is 1. The van der Waals surface area contributed by atoms with E-state index < -0.39 is 22.8 Å². The Morgan fingerprint density at radius 1 is 1.18 bits per heavy atom. The normalized spacial score (nSPS) is 11.4. The van der Waals surface area contributed by atoms with Crippen molar-refractivity contribution in [3.8, 4) is 11.5 Å². The number of carbonyl (C=O) groups excluding carboxylic acids is 2. The molecule has 0 N–H and O–H groups in total. The molecule has 0 aliphatic carbocycles. The number of benzene rings is 2. The number of rotatable bonds is 7. The molecule has 1 amide bonds. The summed E-state index contributed by atoms with van der Waals surface area (Å²) in [6.45, 7) is 4.44. The van der Waals surface area contributed by atoms with Gasteiger partial charge < -0.3 is 9.47 Å². The van der Waals surface area contributed by atoms with Crippen molar-refractivity contribution >= 4 is 39.2 Å². The van der Waals surface area contributed by atoms with Gasteiger partial charge in [-0.25, -0.2) is 4.79 Å². The third-order valence-electron chi connectivity index (χ3n) is 3.81. The monoisotopic (exact) mass is 450 g/mol. The highest BCUT2D eigenvalue weighted by molar-refractivity contribution is 9.10. The van der Waals surface area contributed by atoms with Crippen LogP contribution in [0.4, 0.5) is 11.4 Å². The van der Waals surface area contributed by atoms with Gasteiger partial charge in [-0.3, -0.25) is 19.8 Å². The molecule has 2 aromatic rings. The molecule has 0 fully saturated rings. The minimum absolute atomic E-state index is 0.0485. The molecule has 0 aliphatic heterocycles. The molecule has 2 rings (SSSR count). The maximum absolute atomic E-state index is 12.2. The number of amides is 1. The van der Waals surface area contributed by atoms with E-state index in [2.05, 4.69) is 15.9 Å². The molecule has 0 aromatic heterocycles. The first-order valence-corrected chi connectivity index (χ1v) is 9.22. The number of esters is 1. The van der Waals surface area contributed by atoms with Gasteiger partial charge in [-0.15, -0.1) is 0 Å². The van der Waals surface area contributed by atoms with Gasteiger partial charge in [0.1, 0.15) is 23.2 Å². The molecular formula is C19H19BrN2O6. The molecule has 148 valence electrons. The van der Waals surface area contributed by atoms with Crippen molar-refractivity contribution in [2.45, 2.75) is 26.8 Å². The summed E-state index contributed by atoms with van der Waals surface area (Å²) in [6.07, 6.45) is 0. The van der Waals surface area contributed by atoms with E-state index in [9.17, 15) is 19.7 Å². The average Bonchev–Trinajstić information content (AvgIpc) is 2.63. The lowest BCUT2D eigenvalue weighted by Crippen LogP contribution is -2.43. The summed E-state index contributed by atoms with van der Waals surface area (Å²) < 4.78 is 11.6. The maximum atomic E-state index is 12.2. The fraction of sp³-hybridized carbons (Fsp3) is 0.263. The highest BCUT2D eigenvalue weighted by atomic mass is 79.9. The van der Waals surface area contributed by atoms with Crippen LogP contribution in [0.1, 0.15) is 20.8 Å². The lowest BCUT2D eigenvalue weighted by molar-refractivity contribution is -0.384. The van der Waals surface area contributed by atoms with E-state index in [1.807, 2.05) is 0 Å². The van der Waals surface area contributed by atoms with Crippen molar-refractivity contribution in [1.82, 2.24) is 0 Å². The van der Waals surface area contributed by atoms with Crippen LogP contribution < -0.4 is 9.64 Å². The van der Waals surface area contributed by atoms with E-state index in [4.69, 9.17) is 9.47 Å². The molecule has 0 aliphatic rings. The first kappa shape index (κ1) is 21.4. The molecular weight excluding hydrogens is 432 g/mol. The number of nitrogens with zero attached hydrogens (tertiary/aromatic N) is 2. The molecule has 0 saturated carbocycles. The van der Waals surface area contributed by atoms with E-state index >= 15 is 0 Å². The van der Waals surface area contributed by atoms with E-state index in [0.717, 1.165) is 9.37 Å². The number of ether oxygens (including phenoxy) is 2. The Kier molecular flexibility index (Phi) is 7.11. The first-order valence-electron chi connectivity index (χ1n) is 8.42. The Labute approximate surface area is 170 Å². The predicted molar refractivity (Wildman–Crippen MR) is 107 cm³/mol. The molecule has 0 saturated heterocycles. The van der Waals surface area contributed by atoms with Gasteiger partial charge in [-0.1, -0.05) is 15.9 Å². The van der Waals surface area contributed by atoms with Crippen molar-refractivity contribution in [1.29, 1.82) is 0 Å². The molecule has 2 aromatic carbocycles. The second-order valence-corrected chi connectivity index (χ2v) is 6.70. The van der Waals surface area contributed by atoms with Crippen LogP contribution in [-0.2, 0) is 14.3 Å². The topological polar surface area (TPSA) is 99.0 Å². The molecule has 0 spiro atoms. The van der Waals surface area contributed by atoms with Crippen LogP contribution in [0.2, 0.25) is 0 Å². The third-order valence-corrected chi connectivity index (χ3v) is 4.34. The summed E-state index contributed by atoms with van der Waals surface area (Å²) in [6, 6.07) is 9.98. The van der Waals surface area contributed by atoms with Crippen LogP contribution in [0.25, 0.3) is 0 Å². The van der Waals surface area contributed by atoms with Gasteiger partial charge in [-0.05, 0) is 44.2 Å². The number of nitro benzene ring substituents is 1. The number of anilines is 1. The highest BCUT2D eigenvalue weighted by Crippen LogP contribution is 2.35. The van der Waals surface area contributed by atoms with Crippen molar-refractivity contribution in [3.63, 3.8) is 0 Å². The zero-order valence-corrected chi connectivity index (χ0v) is 17.1. The van der Waals surface area contributed by atoms with Crippen molar-refractivity contribution in [2.75, 3.05) is 11.5 Å². The minimum atomic E-state index is -1.04. The quantitative estimate of drug-likeness (QED) is 0.350. The standard InChI is InChI=1S/C19H19BrN2O6/c1-4-27-19(24)12(2)21(13(3)23)18-11-16(9-10-17(18)22(25)26)28-15-7-5-14(20)6-8-15/h5-12H,4H2,1-3H3. The number of carbonyl (C=O) groups is 2. The molecule has 1 atom stereocenters. The highest BCUT2D eigenvalue weighted by Gasteiger charge is 2.31. The summed E-state index contributed by atoms with van der Waals surface area (Å²) in [4.78, 5) is 36.2. The van der Waals surface area contributed by atoms with Gasteiger partial charge in [0.25, 0.3) is 5.69 Å². The Hall–Kier alpha value is -2.94. The minimum Gasteiger partial charge on any atom is -0.464 e. The fourth-order valence-electron chi connectivity index (χ4n) is 2.57. The van der Waals surface area contributed by atoms with Gasteiger partial charge >= 0.3 is 5.97 Å². The lowest BCUT2D eigenvalue weighted by Gasteiger charge is -2.26. The van der Waals surface area contributed by atoms with Crippen LogP contribution in [0.3, 0.4) is 0 Å². The largest absolute Gasteiger partial charge is 0.464 e. The zero-order chi connectivity index (χ0) is 20.8. The predicted octanol–water partition coefficient (Wildman–Crippen LogP) is 4.45. The van der Waals surface area contributed by atoms with Crippen LogP contribution in [0, 0.1) is 10.1 Å². The molecule has 0 heterocycles. The maximum Gasteiger partial charge on any atom is 0.328 e. The summed E-state index contributed by atoms with van der Waals surface area (Å²) in [7, 11) is 0. The summed E-state index contributed by atoms with van der Waals surface area (Å²) in [5.41, 5.74) is -0.373. The summed E-state index contributed by atoms with van der Waals surface area (Å²) in [5, 5.41) is 11.5. The SMILES string of the molecule is CCOC(=O)C(C)N(C(C)=O)c1cc(Oc2ccc(Br)cc2)ccc1[N+](=O)[O-]. The fourth-order valence-corrected chi connectivity index (χ4v) is 2.84. The average molecular weight is 451 g/mol. The molecule has 28 heavy (non-hydrogen) atoms. The summed E-state index contributed by atoms with van der Waals surface area (Å²) in [5.74, 6) is -0.406. The van der Waals surface area contributed by atoms with E-state index in [0.29, 0.717) is 5.75 Å². The Bertz CT molecular complexity index is 884. The Morgan fingerprint density at radius 3 is 2.32 bits per heavy atom. The Morgan fingerprint density at radius 2 is 1.79 bits per heavy atom. The van der Waals surface area contributed by atoms with Crippen molar-refractivity contribution in [2.24, 2.45) is 0 Å². The molecule has 0 radical (unpaired) electrons. The smallest absolute Gasteiger partial charge is 0.328 e. The molecule has 8 nitrogen and oxygen atoms in total. The van der Waals surface area contributed by atoms with Crippen LogP contribution in [0.15, 0.2) is 46.9 Å². The van der Waals surface area contributed by atoms with E-state index in [1.54, 1.807) is 31.2 Å². The Balaban J connectivity index is 2.48. The number of hydrogen-bond acceptors (Lipinski definition) is 6. The van der Waals surface area contributed by atoms with Gasteiger partial charge in [-0.2, -0.15) is 0 Å².